The molecule has 0 spiro atoms. The molecule has 0 aliphatic carbocycles. The van der Waals surface area contributed by atoms with E-state index in [1.165, 1.54) is 11.8 Å². The molecule has 1 fully saturated rings. The van der Waals surface area contributed by atoms with Gasteiger partial charge in [-0.05, 0) is 17.4 Å². The Morgan fingerprint density at radius 3 is 2.54 bits per heavy atom. The number of aromatic nitrogens is 1. The Labute approximate surface area is 143 Å². The monoisotopic (exact) mass is 327 g/mol. The number of hydrogen-bond donors (Lipinski definition) is 1. The van der Waals surface area contributed by atoms with Crippen molar-refractivity contribution < 1.29 is 9.32 Å². The molecule has 1 aliphatic rings. The minimum Gasteiger partial charge on any atom is -0.364 e. The summed E-state index contributed by atoms with van der Waals surface area (Å²) in [5.74, 6) is 0.849. The fourth-order valence-electron chi connectivity index (χ4n) is 3.66. The van der Waals surface area contributed by atoms with E-state index in [0.29, 0.717) is 17.5 Å². The van der Waals surface area contributed by atoms with E-state index in [9.17, 15) is 4.79 Å². The Balaban J connectivity index is 1.54. The number of nitrogens with one attached hydrogen (secondary N) is 1. The molecule has 5 heteroatoms. The Morgan fingerprint density at radius 2 is 1.92 bits per heavy atom. The van der Waals surface area contributed by atoms with Gasteiger partial charge in [-0.2, -0.15) is 0 Å². The van der Waals surface area contributed by atoms with Crippen LogP contribution in [0.25, 0.3) is 0 Å². The Bertz CT molecular complexity index is 630. The molecule has 1 saturated heterocycles. The zero-order valence-electron chi connectivity index (χ0n) is 14.3. The molecule has 1 aromatic heterocycles. The first-order chi connectivity index (χ1) is 11.6. The largest absolute Gasteiger partial charge is 0.364 e. The number of piperidine rings is 1. The van der Waals surface area contributed by atoms with E-state index in [1.807, 2.05) is 6.07 Å². The van der Waals surface area contributed by atoms with Crippen LogP contribution in [0.3, 0.4) is 0 Å². The molecule has 2 aromatic rings. The second kappa shape index (κ2) is 7.62. The van der Waals surface area contributed by atoms with E-state index in [4.69, 9.17) is 4.52 Å². The molecular formula is C19H25N3O2. The molecular weight excluding hydrogens is 302 g/mol. The minimum absolute atomic E-state index is 0.0177. The molecule has 1 aliphatic heterocycles. The molecule has 1 unspecified atom stereocenters. The van der Waals surface area contributed by atoms with Gasteiger partial charge in [0.15, 0.2) is 0 Å². The van der Waals surface area contributed by atoms with Crippen molar-refractivity contribution in [1.82, 2.24) is 15.4 Å². The normalized spacial score (nSPS) is 24.7. The van der Waals surface area contributed by atoms with Crippen LogP contribution in [0.4, 0.5) is 0 Å². The van der Waals surface area contributed by atoms with Crippen LogP contribution in [0.5, 0.6) is 0 Å². The van der Waals surface area contributed by atoms with Crippen molar-refractivity contribution in [3.63, 3.8) is 0 Å². The van der Waals surface area contributed by atoms with Crippen molar-refractivity contribution in [3.05, 3.63) is 53.9 Å². The first kappa shape index (κ1) is 16.7. The lowest BCUT2D eigenvalue weighted by molar-refractivity contribution is -0.122. The first-order valence-electron chi connectivity index (χ1n) is 8.56. The molecule has 1 N–H and O–H groups in total. The molecule has 0 radical (unpaired) electrons. The number of carbonyl (C=O) groups is 1. The Hall–Kier alpha value is -2.14. The van der Waals surface area contributed by atoms with Gasteiger partial charge in [0.25, 0.3) is 0 Å². The molecule has 2 heterocycles. The summed E-state index contributed by atoms with van der Waals surface area (Å²) in [5, 5.41) is 7.00. The standard InChI is InChI=1S/C19H25N3O2/c1-14-11-22(13-16-6-4-3-5-7-16)12-15(2)19(14)20-18(23)10-17-8-9-24-21-17/h3-9,14-15,19H,10-13H2,1-2H3,(H,20,23)/t14-,15+,19?. The number of likely N-dealkylation sites (tertiary alicyclic amines) is 1. The summed E-state index contributed by atoms with van der Waals surface area (Å²) < 4.78 is 4.78. The molecule has 0 bridgehead atoms. The number of hydrogen-bond acceptors (Lipinski definition) is 4. The quantitative estimate of drug-likeness (QED) is 0.917. The number of carbonyl (C=O) groups excluding carboxylic acids is 1. The number of amides is 1. The van der Waals surface area contributed by atoms with Crippen molar-refractivity contribution in [1.29, 1.82) is 0 Å². The summed E-state index contributed by atoms with van der Waals surface area (Å²) in [7, 11) is 0. The van der Waals surface area contributed by atoms with E-state index in [2.05, 4.69) is 53.5 Å². The van der Waals surface area contributed by atoms with Crippen molar-refractivity contribution >= 4 is 5.91 Å². The van der Waals surface area contributed by atoms with Crippen LogP contribution in [-0.4, -0.2) is 35.1 Å². The maximum absolute atomic E-state index is 12.2. The van der Waals surface area contributed by atoms with E-state index in [-0.39, 0.29) is 18.4 Å². The highest BCUT2D eigenvalue weighted by Gasteiger charge is 2.32. The number of nitrogens with zero attached hydrogens (tertiary/aromatic N) is 2. The van der Waals surface area contributed by atoms with Gasteiger partial charge < -0.3 is 9.84 Å². The second-order valence-corrected chi connectivity index (χ2v) is 6.90. The predicted octanol–water partition coefficient (Wildman–Crippen LogP) is 2.49. The van der Waals surface area contributed by atoms with Crippen LogP contribution in [0, 0.1) is 11.8 Å². The fourth-order valence-corrected chi connectivity index (χ4v) is 3.66. The van der Waals surface area contributed by atoms with Crippen LogP contribution in [0.2, 0.25) is 0 Å². The SMILES string of the molecule is C[C@@H]1CN(Cc2ccccc2)C[C@H](C)C1NC(=O)Cc1ccon1. The number of benzene rings is 1. The van der Waals surface area contributed by atoms with Crippen molar-refractivity contribution in [2.24, 2.45) is 11.8 Å². The molecule has 128 valence electrons. The summed E-state index contributed by atoms with van der Waals surface area (Å²) in [6.45, 7) is 7.39. The summed E-state index contributed by atoms with van der Waals surface area (Å²) in [4.78, 5) is 14.7. The van der Waals surface area contributed by atoms with Gasteiger partial charge >= 0.3 is 0 Å². The smallest absolute Gasteiger partial charge is 0.226 e. The highest BCUT2D eigenvalue weighted by Crippen LogP contribution is 2.23. The Kier molecular flexibility index (Phi) is 5.30. The van der Waals surface area contributed by atoms with E-state index < -0.39 is 0 Å². The van der Waals surface area contributed by atoms with E-state index >= 15 is 0 Å². The molecule has 0 saturated carbocycles. The second-order valence-electron chi connectivity index (χ2n) is 6.90. The van der Waals surface area contributed by atoms with Crippen LogP contribution in [-0.2, 0) is 17.8 Å². The summed E-state index contributed by atoms with van der Waals surface area (Å²) in [5.41, 5.74) is 2.01. The van der Waals surface area contributed by atoms with Crippen molar-refractivity contribution in [3.8, 4) is 0 Å². The highest BCUT2D eigenvalue weighted by atomic mass is 16.5. The molecule has 5 nitrogen and oxygen atoms in total. The molecule has 1 amide bonds. The van der Waals surface area contributed by atoms with E-state index in [0.717, 1.165) is 19.6 Å². The average molecular weight is 327 g/mol. The third kappa shape index (κ3) is 4.23. The maximum Gasteiger partial charge on any atom is 0.226 e. The van der Waals surface area contributed by atoms with Crippen molar-refractivity contribution in [2.45, 2.75) is 32.9 Å². The summed E-state index contributed by atoms with van der Waals surface area (Å²) >= 11 is 0. The zero-order chi connectivity index (χ0) is 16.9. The molecule has 1 aromatic carbocycles. The van der Waals surface area contributed by atoms with Gasteiger partial charge in [-0.3, -0.25) is 9.69 Å². The summed E-state index contributed by atoms with van der Waals surface area (Å²) in [6.07, 6.45) is 1.77. The predicted molar refractivity (Wildman–Crippen MR) is 92.2 cm³/mol. The molecule has 24 heavy (non-hydrogen) atoms. The van der Waals surface area contributed by atoms with E-state index in [1.54, 1.807) is 6.07 Å². The van der Waals surface area contributed by atoms with Crippen molar-refractivity contribution in [2.75, 3.05) is 13.1 Å². The lowest BCUT2D eigenvalue weighted by Crippen LogP contribution is -2.54. The van der Waals surface area contributed by atoms with Gasteiger partial charge in [-0.1, -0.05) is 49.3 Å². The highest BCUT2D eigenvalue weighted by molar-refractivity contribution is 5.78. The Morgan fingerprint density at radius 1 is 1.21 bits per heavy atom. The first-order valence-corrected chi connectivity index (χ1v) is 8.56. The topological polar surface area (TPSA) is 58.4 Å². The van der Waals surface area contributed by atoms with Gasteiger partial charge in [0.05, 0.1) is 12.1 Å². The fraction of sp³-hybridized carbons (Fsp3) is 0.474. The average Bonchev–Trinajstić information content (AvgIpc) is 3.05. The van der Waals surface area contributed by atoms with Crippen LogP contribution in [0.1, 0.15) is 25.1 Å². The van der Waals surface area contributed by atoms with Crippen LogP contribution >= 0.6 is 0 Å². The minimum atomic E-state index is 0.0177. The van der Waals surface area contributed by atoms with Crippen LogP contribution < -0.4 is 5.32 Å². The van der Waals surface area contributed by atoms with Gasteiger partial charge in [-0.25, -0.2) is 0 Å². The maximum atomic E-state index is 12.2. The van der Waals surface area contributed by atoms with Gasteiger partial charge in [-0.15, -0.1) is 0 Å². The van der Waals surface area contributed by atoms with Crippen LogP contribution in [0.15, 0.2) is 47.2 Å². The third-order valence-electron chi connectivity index (χ3n) is 4.73. The van der Waals surface area contributed by atoms with Gasteiger partial charge in [0, 0.05) is 31.7 Å². The van der Waals surface area contributed by atoms with Gasteiger partial charge in [0.1, 0.15) is 6.26 Å². The zero-order valence-corrected chi connectivity index (χ0v) is 14.3. The third-order valence-corrected chi connectivity index (χ3v) is 4.73. The lowest BCUT2D eigenvalue weighted by Gasteiger charge is -2.41. The number of rotatable bonds is 5. The molecule has 3 rings (SSSR count). The van der Waals surface area contributed by atoms with Gasteiger partial charge in [0.2, 0.25) is 5.91 Å². The lowest BCUT2D eigenvalue weighted by atomic mass is 9.85. The molecule has 3 atom stereocenters. The summed E-state index contributed by atoms with van der Waals surface area (Å²) in [6, 6.07) is 12.5.